The normalized spacial score (nSPS) is 14.0. The van der Waals surface area contributed by atoms with Crippen molar-refractivity contribution in [1.29, 1.82) is 0 Å². The van der Waals surface area contributed by atoms with Gasteiger partial charge in [-0.3, -0.25) is 9.78 Å². The van der Waals surface area contributed by atoms with E-state index >= 15 is 0 Å². The van der Waals surface area contributed by atoms with Gasteiger partial charge in [0, 0.05) is 48.8 Å². The van der Waals surface area contributed by atoms with Gasteiger partial charge in [0.2, 0.25) is 0 Å². The summed E-state index contributed by atoms with van der Waals surface area (Å²) in [6, 6.07) is 16.7. The first kappa shape index (κ1) is 32.7. The van der Waals surface area contributed by atoms with E-state index in [1.807, 2.05) is 27.7 Å². The molecule has 1 aromatic heterocycles. The van der Waals surface area contributed by atoms with Gasteiger partial charge in [0.25, 0.3) is 0 Å². The third-order valence-electron chi connectivity index (χ3n) is 8.59. The zero-order valence-electron chi connectivity index (χ0n) is 25.8. The van der Waals surface area contributed by atoms with Gasteiger partial charge in [-0.05, 0) is 53.8 Å². The number of aliphatic hydroxyl groups excluding tert-OH is 1. The molecule has 0 amide bonds. The number of carbonyl (C=O) groups excluding carboxylic acids is 1. The second-order valence-electron chi connectivity index (χ2n) is 11.8. The number of pyridine rings is 1. The third kappa shape index (κ3) is 6.50. The summed E-state index contributed by atoms with van der Waals surface area (Å²) in [6.07, 6.45) is 9.46. The molecule has 4 aromatic rings. The summed E-state index contributed by atoms with van der Waals surface area (Å²) >= 11 is 0. The fourth-order valence-corrected chi connectivity index (χ4v) is 6.15. The molecule has 1 heterocycles. The molecule has 0 aliphatic heterocycles. The van der Waals surface area contributed by atoms with Gasteiger partial charge in [0.15, 0.2) is 5.78 Å². The van der Waals surface area contributed by atoms with Crippen LogP contribution in [0.4, 0.5) is 0 Å². The van der Waals surface area contributed by atoms with E-state index < -0.39 is 0 Å². The Morgan fingerprint density at radius 3 is 2.24 bits per heavy atom. The van der Waals surface area contributed by atoms with Gasteiger partial charge in [0.05, 0.1) is 11.3 Å². The van der Waals surface area contributed by atoms with Crippen LogP contribution < -0.4 is 0 Å². The Labute approximate surface area is 259 Å². The number of hydrogen-bond donors (Lipinski definition) is 1. The summed E-state index contributed by atoms with van der Waals surface area (Å²) in [5, 5.41) is 14.7. The molecule has 0 bridgehead atoms. The third-order valence-corrected chi connectivity index (χ3v) is 8.59. The van der Waals surface area contributed by atoms with E-state index in [0.29, 0.717) is 0 Å². The minimum Gasteiger partial charge on any atom is -0.512 e. The van der Waals surface area contributed by atoms with Crippen molar-refractivity contribution in [2.75, 3.05) is 0 Å². The summed E-state index contributed by atoms with van der Waals surface area (Å²) in [5.41, 5.74) is 7.26. The first-order valence-corrected chi connectivity index (χ1v) is 14.9. The molecular weight excluding hydrogens is 683 g/mol. The molecule has 0 saturated carbocycles. The average molecular weight is 727 g/mol. The first-order valence-electron chi connectivity index (χ1n) is 14.9. The fourth-order valence-electron chi connectivity index (χ4n) is 6.15. The predicted molar refractivity (Wildman–Crippen MR) is 171 cm³/mol. The Hall–Kier alpha value is -2.81. The monoisotopic (exact) mass is 727 g/mol. The molecule has 5 rings (SSSR count). The average Bonchev–Trinajstić information content (AvgIpc) is 2.91. The van der Waals surface area contributed by atoms with Crippen LogP contribution in [-0.4, -0.2) is 15.9 Å². The van der Waals surface area contributed by atoms with Crippen LogP contribution in [0.2, 0.25) is 0 Å². The number of nitrogens with zero attached hydrogens (tertiary/aromatic N) is 1. The van der Waals surface area contributed by atoms with Crippen LogP contribution in [0.3, 0.4) is 0 Å². The molecule has 3 aromatic carbocycles. The smallest absolute Gasteiger partial charge is 0.162 e. The van der Waals surface area contributed by atoms with E-state index in [9.17, 15) is 9.90 Å². The molecule has 3 nitrogen and oxygen atoms in total. The van der Waals surface area contributed by atoms with Crippen LogP contribution >= 0.6 is 0 Å². The molecule has 0 unspecified atom stereocenters. The number of aromatic nitrogens is 1. The number of carbonyl (C=O) groups is 1. The quantitative estimate of drug-likeness (QED) is 0.0678. The van der Waals surface area contributed by atoms with E-state index in [1.54, 1.807) is 0 Å². The topological polar surface area (TPSA) is 50.2 Å². The molecule has 1 aliphatic carbocycles. The Bertz CT molecular complexity index is 1620. The molecule has 41 heavy (non-hydrogen) atoms. The minimum absolute atomic E-state index is 0. The van der Waals surface area contributed by atoms with Crippen LogP contribution in [0.1, 0.15) is 89.5 Å². The number of fused-ring (bicyclic) bond motifs is 4. The van der Waals surface area contributed by atoms with Crippen molar-refractivity contribution in [2.45, 2.75) is 86.5 Å². The van der Waals surface area contributed by atoms with Crippen LogP contribution in [-0.2, 0) is 30.3 Å². The molecule has 0 spiro atoms. The summed E-state index contributed by atoms with van der Waals surface area (Å²) in [4.78, 5) is 16.8. The zero-order chi connectivity index (χ0) is 29.2. The second-order valence-corrected chi connectivity index (χ2v) is 11.8. The number of rotatable bonds is 7. The first-order chi connectivity index (χ1) is 19.1. The fraction of sp³-hybridized carbons (Fsp3) is 0.405. The molecule has 0 atom stereocenters. The molecular formula is C37H44IrNO2-. The number of ketones is 1. The Morgan fingerprint density at radius 1 is 0.976 bits per heavy atom. The van der Waals surface area contributed by atoms with Gasteiger partial charge >= 0.3 is 0 Å². The van der Waals surface area contributed by atoms with Crippen LogP contribution in [0.15, 0.2) is 54.3 Å². The molecule has 1 N–H and O–H groups in total. The standard InChI is InChI=1S/C24H20N.C13H24O2.Ir/c1-14-12-15(2)17-8-9-18-22-21-16(10-11-24(22,3)4)6-5-7-20(21)25-23(18)19(17)13-14;1-5-10(6-2)12(14)9-13(15)11(7-3)8-4;/h5-12H,1-4H3;9-11,14H,5-8H2,1-4H3;/q-1;;/b;12-9-;. The van der Waals surface area contributed by atoms with Crippen molar-refractivity contribution in [3.63, 3.8) is 0 Å². The zero-order valence-corrected chi connectivity index (χ0v) is 28.2. The van der Waals surface area contributed by atoms with Crippen molar-refractivity contribution in [2.24, 2.45) is 11.8 Å². The molecule has 4 heteroatoms. The molecule has 1 aliphatic rings. The van der Waals surface area contributed by atoms with E-state index in [2.05, 4.69) is 82.3 Å². The molecule has 0 fully saturated rings. The van der Waals surface area contributed by atoms with E-state index in [0.717, 1.165) is 42.1 Å². The molecule has 1 radical (unpaired) electrons. The van der Waals surface area contributed by atoms with Gasteiger partial charge in [-0.1, -0.05) is 91.8 Å². The Morgan fingerprint density at radius 2 is 1.61 bits per heavy atom. The maximum Gasteiger partial charge on any atom is 0.162 e. The maximum absolute atomic E-state index is 11.7. The maximum atomic E-state index is 11.7. The van der Waals surface area contributed by atoms with Gasteiger partial charge in [-0.2, -0.15) is 0 Å². The van der Waals surface area contributed by atoms with Crippen molar-refractivity contribution in [3.8, 4) is 0 Å². The van der Waals surface area contributed by atoms with Gasteiger partial charge in [0.1, 0.15) is 0 Å². The van der Waals surface area contributed by atoms with Crippen LogP contribution in [0.5, 0.6) is 0 Å². The molecule has 0 saturated heterocycles. The Kier molecular flexibility index (Phi) is 10.7. The van der Waals surface area contributed by atoms with Crippen LogP contribution in [0, 0.1) is 31.7 Å². The van der Waals surface area contributed by atoms with Gasteiger partial charge < -0.3 is 5.11 Å². The van der Waals surface area contributed by atoms with Crippen molar-refractivity contribution >= 4 is 44.4 Å². The van der Waals surface area contributed by atoms with E-state index in [1.165, 1.54) is 44.5 Å². The number of benzene rings is 3. The van der Waals surface area contributed by atoms with Crippen LogP contribution in [0.25, 0.3) is 38.7 Å². The summed E-state index contributed by atoms with van der Waals surface area (Å²) in [5.74, 6) is 0.547. The van der Waals surface area contributed by atoms with Crippen molar-refractivity contribution in [3.05, 3.63) is 82.6 Å². The van der Waals surface area contributed by atoms with Gasteiger partial charge in [-0.15, -0.1) is 34.0 Å². The predicted octanol–water partition coefficient (Wildman–Crippen LogP) is 10.1. The minimum atomic E-state index is -0.0136. The summed E-state index contributed by atoms with van der Waals surface area (Å²) in [7, 11) is 0. The summed E-state index contributed by atoms with van der Waals surface area (Å²) in [6.45, 7) is 16.9. The molecule has 219 valence electrons. The number of aryl methyl sites for hydroxylation is 2. The summed E-state index contributed by atoms with van der Waals surface area (Å²) < 4.78 is 0. The number of allylic oxidation sites excluding steroid dienone is 3. The van der Waals surface area contributed by atoms with E-state index in [-0.39, 0.29) is 48.9 Å². The Balaban J connectivity index is 0.000000253. The number of aliphatic hydroxyl groups is 1. The SMILES string of the molecule is CCC(CC)C(=O)/C=C(\O)C(CC)CC.Cc1[c-]c2c(ccc3c4c5c(cccc5nc32)C=CC4(C)C)c(C)c1.[Ir]. The van der Waals surface area contributed by atoms with Crippen molar-refractivity contribution in [1.82, 2.24) is 4.98 Å². The van der Waals surface area contributed by atoms with Crippen molar-refractivity contribution < 1.29 is 30.0 Å². The number of hydrogen-bond acceptors (Lipinski definition) is 3. The second kappa shape index (κ2) is 13.4. The largest absolute Gasteiger partial charge is 0.512 e. The van der Waals surface area contributed by atoms with E-state index in [4.69, 9.17) is 4.98 Å². The van der Waals surface area contributed by atoms with Gasteiger partial charge in [-0.25, -0.2) is 0 Å².